The summed E-state index contributed by atoms with van der Waals surface area (Å²) in [5, 5.41) is 6.10. The molecule has 0 heterocycles. The van der Waals surface area contributed by atoms with Crippen LogP contribution < -0.4 is 10.6 Å². The SMILES string of the molecule is COCCNc1ccc(NC(=O)CC(C)C)cc1. The maximum absolute atomic E-state index is 11.6. The summed E-state index contributed by atoms with van der Waals surface area (Å²) >= 11 is 0. The highest BCUT2D eigenvalue weighted by molar-refractivity contribution is 5.90. The lowest BCUT2D eigenvalue weighted by Crippen LogP contribution is -2.13. The predicted octanol–water partition coefficient (Wildman–Crippen LogP) is 2.73. The van der Waals surface area contributed by atoms with E-state index >= 15 is 0 Å². The van der Waals surface area contributed by atoms with Gasteiger partial charge >= 0.3 is 0 Å². The van der Waals surface area contributed by atoms with Gasteiger partial charge in [0.05, 0.1) is 6.61 Å². The van der Waals surface area contributed by atoms with Crippen LogP contribution in [0.1, 0.15) is 20.3 Å². The molecule has 0 spiro atoms. The molecule has 4 nitrogen and oxygen atoms in total. The molecule has 0 saturated heterocycles. The van der Waals surface area contributed by atoms with Crippen molar-refractivity contribution in [3.05, 3.63) is 24.3 Å². The van der Waals surface area contributed by atoms with E-state index in [1.807, 2.05) is 38.1 Å². The zero-order valence-corrected chi connectivity index (χ0v) is 11.3. The molecule has 0 atom stereocenters. The fraction of sp³-hybridized carbons (Fsp3) is 0.500. The summed E-state index contributed by atoms with van der Waals surface area (Å²) < 4.78 is 4.96. The first-order chi connectivity index (χ1) is 8.61. The molecule has 0 saturated carbocycles. The van der Waals surface area contributed by atoms with E-state index in [0.29, 0.717) is 18.9 Å². The van der Waals surface area contributed by atoms with Gasteiger partial charge in [0.25, 0.3) is 0 Å². The predicted molar refractivity (Wildman–Crippen MR) is 74.9 cm³/mol. The topological polar surface area (TPSA) is 50.4 Å². The van der Waals surface area contributed by atoms with Crippen LogP contribution in [0.15, 0.2) is 24.3 Å². The van der Waals surface area contributed by atoms with Crippen LogP contribution in [0.25, 0.3) is 0 Å². The van der Waals surface area contributed by atoms with Crippen molar-refractivity contribution in [1.82, 2.24) is 0 Å². The highest BCUT2D eigenvalue weighted by Crippen LogP contribution is 2.14. The van der Waals surface area contributed by atoms with Crippen LogP contribution in [0.2, 0.25) is 0 Å². The highest BCUT2D eigenvalue weighted by Gasteiger charge is 2.04. The second-order valence-electron chi connectivity index (χ2n) is 4.64. The average molecular weight is 250 g/mol. The Labute approximate surface area is 109 Å². The maximum atomic E-state index is 11.6. The first kappa shape index (κ1) is 14.5. The number of hydrogen-bond donors (Lipinski definition) is 2. The summed E-state index contributed by atoms with van der Waals surface area (Å²) in [7, 11) is 1.68. The molecule has 4 heteroatoms. The van der Waals surface area contributed by atoms with E-state index in [4.69, 9.17) is 4.74 Å². The Kier molecular flexibility index (Phi) is 6.22. The third-order valence-electron chi connectivity index (χ3n) is 2.40. The Morgan fingerprint density at radius 2 is 1.83 bits per heavy atom. The van der Waals surface area contributed by atoms with Crippen LogP contribution in [0.3, 0.4) is 0 Å². The Morgan fingerprint density at radius 3 is 2.39 bits per heavy atom. The van der Waals surface area contributed by atoms with Gasteiger partial charge in [0, 0.05) is 31.5 Å². The second-order valence-corrected chi connectivity index (χ2v) is 4.64. The molecule has 0 aliphatic heterocycles. The van der Waals surface area contributed by atoms with Gasteiger partial charge in [-0.25, -0.2) is 0 Å². The molecular weight excluding hydrogens is 228 g/mol. The first-order valence-electron chi connectivity index (χ1n) is 6.24. The quantitative estimate of drug-likeness (QED) is 0.732. The van der Waals surface area contributed by atoms with Gasteiger partial charge in [0.1, 0.15) is 0 Å². The van der Waals surface area contributed by atoms with Crippen LogP contribution in [-0.4, -0.2) is 26.2 Å². The molecule has 100 valence electrons. The van der Waals surface area contributed by atoms with E-state index in [1.54, 1.807) is 7.11 Å². The Hall–Kier alpha value is -1.55. The molecule has 18 heavy (non-hydrogen) atoms. The number of ether oxygens (including phenoxy) is 1. The minimum Gasteiger partial charge on any atom is -0.383 e. The van der Waals surface area contributed by atoms with Crippen molar-refractivity contribution in [2.45, 2.75) is 20.3 Å². The highest BCUT2D eigenvalue weighted by atomic mass is 16.5. The summed E-state index contributed by atoms with van der Waals surface area (Å²) in [6.45, 7) is 5.51. The fourth-order valence-electron chi connectivity index (χ4n) is 1.55. The average Bonchev–Trinajstić information content (AvgIpc) is 2.30. The number of carbonyl (C=O) groups is 1. The standard InChI is InChI=1S/C14H22N2O2/c1-11(2)10-14(17)16-13-6-4-12(5-7-13)15-8-9-18-3/h4-7,11,15H,8-10H2,1-3H3,(H,16,17). The van der Waals surface area contributed by atoms with Gasteiger partial charge in [-0.05, 0) is 30.2 Å². The van der Waals surface area contributed by atoms with Crippen LogP contribution in [-0.2, 0) is 9.53 Å². The lowest BCUT2D eigenvalue weighted by molar-refractivity contribution is -0.116. The normalized spacial score (nSPS) is 10.4. The number of methoxy groups -OCH3 is 1. The zero-order valence-electron chi connectivity index (χ0n) is 11.3. The van der Waals surface area contributed by atoms with E-state index in [0.717, 1.165) is 17.9 Å². The van der Waals surface area contributed by atoms with Crippen LogP contribution in [0, 0.1) is 5.92 Å². The number of nitrogens with one attached hydrogen (secondary N) is 2. The monoisotopic (exact) mass is 250 g/mol. The zero-order chi connectivity index (χ0) is 13.4. The van der Waals surface area contributed by atoms with Crippen LogP contribution in [0.5, 0.6) is 0 Å². The summed E-state index contributed by atoms with van der Waals surface area (Å²) in [4.78, 5) is 11.6. The molecule has 1 amide bonds. The van der Waals surface area contributed by atoms with E-state index in [1.165, 1.54) is 0 Å². The smallest absolute Gasteiger partial charge is 0.224 e. The molecule has 1 rings (SSSR count). The molecule has 1 aromatic carbocycles. The van der Waals surface area contributed by atoms with Crippen molar-refractivity contribution in [3.63, 3.8) is 0 Å². The number of amides is 1. The van der Waals surface area contributed by atoms with Gasteiger partial charge in [-0.2, -0.15) is 0 Å². The molecule has 0 radical (unpaired) electrons. The number of rotatable bonds is 7. The third-order valence-corrected chi connectivity index (χ3v) is 2.40. The molecular formula is C14H22N2O2. The van der Waals surface area contributed by atoms with E-state index < -0.39 is 0 Å². The Balaban J connectivity index is 2.42. The molecule has 0 aliphatic rings. The molecule has 0 unspecified atom stereocenters. The van der Waals surface area contributed by atoms with Crippen LogP contribution in [0.4, 0.5) is 11.4 Å². The molecule has 0 aromatic heterocycles. The van der Waals surface area contributed by atoms with Gasteiger partial charge in [0.15, 0.2) is 0 Å². The first-order valence-corrected chi connectivity index (χ1v) is 6.24. The van der Waals surface area contributed by atoms with Gasteiger partial charge in [-0.3, -0.25) is 4.79 Å². The molecule has 1 aromatic rings. The van der Waals surface area contributed by atoms with E-state index in [2.05, 4.69) is 10.6 Å². The lowest BCUT2D eigenvalue weighted by Gasteiger charge is -2.09. The van der Waals surface area contributed by atoms with E-state index in [9.17, 15) is 4.79 Å². The molecule has 0 fully saturated rings. The minimum absolute atomic E-state index is 0.0603. The van der Waals surface area contributed by atoms with Crippen molar-refractivity contribution in [2.24, 2.45) is 5.92 Å². The van der Waals surface area contributed by atoms with Crippen LogP contribution >= 0.6 is 0 Å². The van der Waals surface area contributed by atoms with Gasteiger partial charge in [0.2, 0.25) is 5.91 Å². The number of carbonyl (C=O) groups excluding carboxylic acids is 1. The van der Waals surface area contributed by atoms with Crippen molar-refractivity contribution in [2.75, 3.05) is 30.9 Å². The minimum atomic E-state index is 0.0603. The molecule has 0 bridgehead atoms. The third kappa shape index (κ3) is 5.68. The number of anilines is 2. The lowest BCUT2D eigenvalue weighted by atomic mass is 10.1. The second kappa shape index (κ2) is 7.71. The maximum Gasteiger partial charge on any atom is 0.224 e. The summed E-state index contributed by atoms with van der Waals surface area (Å²) in [6, 6.07) is 7.68. The molecule has 0 aliphatic carbocycles. The fourth-order valence-corrected chi connectivity index (χ4v) is 1.55. The largest absolute Gasteiger partial charge is 0.383 e. The number of benzene rings is 1. The van der Waals surface area contributed by atoms with Crippen molar-refractivity contribution >= 4 is 17.3 Å². The summed E-state index contributed by atoms with van der Waals surface area (Å²) in [5.74, 6) is 0.435. The summed E-state index contributed by atoms with van der Waals surface area (Å²) in [5.41, 5.74) is 1.85. The number of hydrogen-bond acceptors (Lipinski definition) is 3. The molecule has 2 N–H and O–H groups in total. The van der Waals surface area contributed by atoms with Gasteiger partial charge in [-0.15, -0.1) is 0 Å². The van der Waals surface area contributed by atoms with Crippen molar-refractivity contribution in [1.29, 1.82) is 0 Å². The van der Waals surface area contributed by atoms with Crippen molar-refractivity contribution in [3.8, 4) is 0 Å². The Bertz CT molecular complexity index is 361. The van der Waals surface area contributed by atoms with Gasteiger partial charge < -0.3 is 15.4 Å². The Morgan fingerprint density at radius 1 is 1.22 bits per heavy atom. The van der Waals surface area contributed by atoms with Crippen molar-refractivity contribution < 1.29 is 9.53 Å². The van der Waals surface area contributed by atoms with Gasteiger partial charge in [-0.1, -0.05) is 13.8 Å². The van der Waals surface area contributed by atoms with E-state index in [-0.39, 0.29) is 5.91 Å². The summed E-state index contributed by atoms with van der Waals surface area (Å²) in [6.07, 6.45) is 0.549.